The summed E-state index contributed by atoms with van der Waals surface area (Å²) in [5, 5.41) is 5.80. The van der Waals surface area contributed by atoms with Crippen LogP contribution in [-0.2, 0) is 0 Å². The smallest absolute Gasteiger partial charge is 0.163 e. The van der Waals surface area contributed by atoms with E-state index in [0.717, 1.165) is 59.9 Å². The normalized spacial score (nSPS) is 19.8. The molecule has 7 nitrogen and oxygen atoms in total. The van der Waals surface area contributed by atoms with Gasteiger partial charge in [-0.2, -0.15) is 0 Å². The first-order chi connectivity index (χ1) is 16.8. The van der Waals surface area contributed by atoms with Crippen LogP contribution < -0.4 is 10.2 Å². The topological polar surface area (TPSA) is 82.6 Å². The largest absolute Gasteiger partial charge is 0.353 e. The number of pyridine rings is 2. The number of aromatic nitrogens is 5. The lowest BCUT2D eigenvalue weighted by atomic mass is 9.87. The number of hydrogen-bond acceptors (Lipinski definition) is 6. The van der Waals surface area contributed by atoms with Gasteiger partial charge in [-0.1, -0.05) is 19.3 Å². The van der Waals surface area contributed by atoms with Crippen molar-refractivity contribution in [3.05, 3.63) is 42.0 Å². The number of fused-ring (bicyclic) bond motifs is 2. The molecule has 0 amide bonds. The minimum Gasteiger partial charge on any atom is -0.353 e. The Bertz CT molecular complexity index is 1340. The van der Waals surface area contributed by atoms with E-state index >= 15 is 0 Å². The summed E-state index contributed by atoms with van der Waals surface area (Å²) in [5.74, 6) is 3.05. The zero-order valence-electron chi connectivity index (χ0n) is 19.6. The Kier molecular flexibility index (Phi) is 4.97. The third kappa shape index (κ3) is 3.54. The summed E-state index contributed by atoms with van der Waals surface area (Å²) in [7, 11) is 0. The van der Waals surface area contributed by atoms with Gasteiger partial charge in [0.15, 0.2) is 5.82 Å². The predicted octanol–water partition coefficient (Wildman–Crippen LogP) is 4.90. The summed E-state index contributed by atoms with van der Waals surface area (Å²) in [6, 6.07) is 4.38. The van der Waals surface area contributed by atoms with E-state index in [9.17, 15) is 0 Å². The molecule has 0 atom stereocenters. The van der Waals surface area contributed by atoms with E-state index in [1.165, 1.54) is 61.6 Å². The molecule has 7 heteroatoms. The molecule has 7 rings (SSSR count). The fourth-order valence-electron chi connectivity index (χ4n) is 5.89. The van der Waals surface area contributed by atoms with Crippen molar-refractivity contribution in [1.82, 2.24) is 30.2 Å². The second-order valence-corrected chi connectivity index (χ2v) is 10.2. The molecule has 4 aromatic heterocycles. The molecule has 0 aromatic carbocycles. The molecule has 2 N–H and O–H groups in total. The van der Waals surface area contributed by atoms with Crippen LogP contribution in [0.3, 0.4) is 0 Å². The van der Waals surface area contributed by atoms with Crippen molar-refractivity contribution in [2.24, 2.45) is 0 Å². The molecule has 2 aliphatic carbocycles. The molecule has 3 fully saturated rings. The number of rotatable bonds is 4. The molecule has 174 valence electrons. The minimum atomic E-state index is 0.600. The van der Waals surface area contributed by atoms with Gasteiger partial charge in [0.1, 0.15) is 11.5 Å². The van der Waals surface area contributed by atoms with E-state index in [4.69, 9.17) is 9.97 Å². The molecule has 1 saturated heterocycles. The molecule has 0 spiro atoms. The first-order valence-electron chi connectivity index (χ1n) is 12.9. The maximum Gasteiger partial charge on any atom is 0.163 e. The summed E-state index contributed by atoms with van der Waals surface area (Å²) in [6.45, 7) is 3.87. The van der Waals surface area contributed by atoms with Crippen LogP contribution in [0.5, 0.6) is 0 Å². The van der Waals surface area contributed by atoms with Crippen molar-refractivity contribution in [2.45, 2.75) is 56.8 Å². The molecular weight excluding hydrogens is 422 g/mol. The highest BCUT2D eigenvalue weighted by Crippen LogP contribution is 2.45. The Balaban J connectivity index is 1.39. The van der Waals surface area contributed by atoms with Crippen molar-refractivity contribution in [2.75, 3.05) is 31.1 Å². The maximum atomic E-state index is 5.26. The number of hydrogen-bond donors (Lipinski definition) is 2. The van der Waals surface area contributed by atoms with Crippen molar-refractivity contribution in [3.8, 4) is 11.4 Å². The molecule has 4 aromatic rings. The molecule has 3 aliphatic rings. The lowest BCUT2D eigenvalue weighted by Crippen LogP contribution is -2.44. The molecule has 0 radical (unpaired) electrons. The van der Waals surface area contributed by atoms with E-state index in [2.05, 4.69) is 37.3 Å². The van der Waals surface area contributed by atoms with Crippen LogP contribution in [0.4, 0.5) is 5.82 Å². The predicted molar refractivity (Wildman–Crippen MR) is 135 cm³/mol. The van der Waals surface area contributed by atoms with Crippen LogP contribution in [-0.4, -0.2) is 51.1 Å². The number of H-pyrrole nitrogens is 1. The second-order valence-electron chi connectivity index (χ2n) is 10.2. The molecule has 0 bridgehead atoms. The Hall–Kier alpha value is -3.06. The van der Waals surface area contributed by atoms with Gasteiger partial charge in [0.25, 0.3) is 0 Å². The number of nitrogens with one attached hydrogen (secondary N) is 2. The van der Waals surface area contributed by atoms with Crippen LogP contribution in [0.25, 0.3) is 33.3 Å². The van der Waals surface area contributed by atoms with Gasteiger partial charge in [-0.3, -0.25) is 4.98 Å². The summed E-state index contributed by atoms with van der Waals surface area (Å²) in [4.78, 5) is 25.6. The lowest BCUT2D eigenvalue weighted by molar-refractivity contribution is 0.438. The second kappa shape index (κ2) is 8.31. The Morgan fingerprint density at radius 3 is 2.59 bits per heavy atom. The van der Waals surface area contributed by atoms with Crippen LogP contribution in [0.1, 0.15) is 68.0 Å². The molecule has 5 heterocycles. The van der Waals surface area contributed by atoms with Gasteiger partial charge in [-0.25, -0.2) is 15.0 Å². The SMILES string of the molecule is c1cc(-c2nc(N3CCNCC3)c3c(C4CC4)cncc3n2)c2cc(C3CCCCC3)[nH]c2n1. The molecule has 0 unspecified atom stereocenters. The highest BCUT2D eigenvalue weighted by molar-refractivity contribution is 5.97. The van der Waals surface area contributed by atoms with Crippen LogP contribution in [0.15, 0.2) is 30.7 Å². The first-order valence-corrected chi connectivity index (χ1v) is 12.9. The van der Waals surface area contributed by atoms with E-state index < -0.39 is 0 Å². The number of nitrogens with zero attached hydrogens (tertiary/aromatic N) is 5. The van der Waals surface area contributed by atoms with Crippen molar-refractivity contribution in [3.63, 3.8) is 0 Å². The molecular formula is C27H31N7. The average Bonchev–Trinajstić information content (AvgIpc) is 3.66. The number of aromatic amines is 1. The molecule has 1 aliphatic heterocycles. The van der Waals surface area contributed by atoms with Gasteiger partial charge in [0, 0.05) is 60.6 Å². The number of anilines is 1. The van der Waals surface area contributed by atoms with Gasteiger partial charge in [0.05, 0.1) is 11.7 Å². The van der Waals surface area contributed by atoms with Crippen molar-refractivity contribution >= 4 is 27.8 Å². The van der Waals surface area contributed by atoms with E-state index in [1.54, 1.807) is 0 Å². The van der Waals surface area contributed by atoms with Crippen LogP contribution >= 0.6 is 0 Å². The zero-order chi connectivity index (χ0) is 22.5. The fourth-order valence-corrected chi connectivity index (χ4v) is 5.89. The highest BCUT2D eigenvalue weighted by Gasteiger charge is 2.29. The van der Waals surface area contributed by atoms with Crippen LogP contribution in [0, 0.1) is 0 Å². The zero-order valence-corrected chi connectivity index (χ0v) is 19.6. The van der Waals surface area contributed by atoms with Gasteiger partial charge >= 0.3 is 0 Å². The minimum absolute atomic E-state index is 0.600. The van der Waals surface area contributed by atoms with Crippen molar-refractivity contribution in [1.29, 1.82) is 0 Å². The third-order valence-corrected chi connectivity index (χ3v) is 7.89. The monoisotopic (exact) mass is 453 g/mol. The number of piperazine rings is 1. The van der Waals surface area contributed by atoms with Gasteiger partial charge in [-0.15, -0.1) is 0 Å². The lowest BCUT2D eigenvalue weighted by Gasteiger charge is -2.30. The quantitative estimate of drug-likeness (QED) is 0.457. The van der Waals surface area contributed by atoms with Gasteiger partial charge < -0.3 is 15.2 Å². The van der Waals surface area contributed by atoms with E-state index in [1.807, 2.05) is 18.6 Å². The fraction of sp³-hybridized carbons (Fsp3) is 0.481. The summed E-state index contributed by atoms with van der Waals surface area (Å²) >= 11 is 0. The average molecular weight is 454 g/mol. The Morgan fingerprint density at radius 2 is 1.76 bits per heavy atom. The molecule has 2 saturated carbocycles. The standard InChI is InChI=1S/C27H31N7/c1-2-4-18(5-3-1)22-14-20-19(8-9-30-25(20)31-22)26-32-23-16-29-15-21(17-6-7-17)24(23)27(33-26)34-12-10-28-11-13-34/h8-9,14-18,28H,1-7,10-13H2,(H,30,31). The van der Waals surface area contributed by atoms with Crippen molar-refractivity contribution < 1.29 is 0 Å². The summed E-state index contributed by atoms with van der Waals surface area (Å²) in [6.07, 6.45) is 14.8. The van der Waals surface area contributed by atoms with Gasteiger partial charge in [0.2, 0.25) is 0 Å². The molecule has 34 heavy (non-hydrogen) atoms. The van der Waals surface area contributed by atoms with E-state index in [0.29, 0.717) is 11.8 Å². The highest BCUT2D eigenvalue weighted by atomic mass is 15.2. The summed E-state index contributed by atoms with van der Waals surface area (Å²) < 4.78 is 0. The maximum absolute atomic E-state index is 5.26. The first kappa shape index (κ1) is 20.3. The van der Waals surface area contributed by atoms with E-state index in [-0.39, 0.29) is 0 Å². The summed E-state index contributed by atoms with van der Waals surface area (Å²) in [5.41, 5.74) is 5.58. The Morgan fingerprint density at radius 1 is 0.912 bits per heavy atom. The van der Waals surface area contributed by atoms with Gasteiger partial charge in [-0.05, 0) is 55.2 Å². The Labute approximate surface area is 199 Å². The third-order valence-electron chi connectivity index (χ3n) is 7.89. The van der Waals surface area contributed by atoms with Crippen LogP contribution in [0.2, 0.25) is 0 Å².